The van der Waals surface area contributed by atoms with E-state index in [9.17, 15) is 26.4 Å². The van der Waals surface area contributed by atoms with E-state index in [2.05, 4.69) is 10.3 Å². The number of carbonyl (C=O) groups is 1. The van der Waals surface area contributed by atoms with Crippen molar-refractivity contribution in [1.29, 1.82) is 0 Å². The number of halogens is 3. The highest BCUT2D eigenvalue weighted by atomic mass is 32.2. The van der Waals surface area contributed by atoms with Crippen LogP contribution in [-0.4, -0.2) is 30.2 Å². The summed E-state index contributed by atoms with van der Waals surface area (Å²) in [5.41, 5.74) is -0.152. The normalized spacial score (nSPS) is 18.0. The molecule has 6 nitrogen and oxygen atoms in total. The molecule has 0 saturated heterocycles. The molecule has 1 fully saturated rings. The molecule has 0 radical (unpaired) electrons. The van der Waals surface area contributed by atoms with Gasteiger partial charge in [0.1, 0.15) is 0 Å². The third-order valence-electron chi connectivity index (χ3n) is 4.69. The van der Waals surface area contributed by atoms with Crippen molar-refractivity contribution in [3.63, 3.8) is 0 Å². The molecule has 2 heterocycles. The Labute approximate surface area is 163 Å². The number of nitrogens with one attached hydrogen (secondary N) is 1. The molecule has 1 amide bonds. The van der Waals surface area contributed by atoms with Gasteiger partial charge in [0, 0.05) is 23.8 Å². The van der Waals surface area contributed by atoms with Crippen LogP contribution in [0.3, 0.4) is 0 Å². The summed E-state index contributed by atoms with van der Waals surface area (Å²) in [6, 6.07) is 3.48. The molecule has 1 aromatic heterocycles. The summed E-state index contributed by atoms with van der Waals surface area (Å²) in [6.07, 6.45) is -2.40. The van der Waals surface area contributed by atoms with E-state index in [-0.39, 0.29) is 29.8 Å². The molecular formula is C17H16F3N3O3S2. The third-order valence-corrected chi connectivity index (χ3v) is 7.55. The van der Waals surface area contributed by atoms with E-state index in [1.807, 2.05) is 0 Å². The average Bonchev–Trinajstić information content (AvgIpc) is 3.41. The number of hydrogen-bond donors (Lipinski definition) is 1. The maximum absolute atomic E-state index is 12.8. The lowest BCUT2D eigenvalue weighted by Gasteiger charge is -2.25. The monoisotopic (exact) mass is 431 g/mol. The van der Waals surface area contributed by atoms with E-state index in [4.69, 9.17) is 0 Å². The fourth-order valence-corrected chi connectivity index (χ4v) is 5.47. The minimum absolute atomic E-state index is 0.0393. The highest BCUT2D eigenvalue weighted by Crippen LogP contribution is 2.35. The van der Waals surface area contributed by atoms with Gasteiger partial charge in [-0.3, -0.25) is 4.79 Å². The Kier molecular flexibility index (Phi) is 4.71. The summed E-state index contributed by atoms with van der Waals surface area (Å²) in [7, 11) is -3.93. The molecule has 11 heteroatoms. The molecule has 28 heavy (non-hydrogen) atoms. The van der Waals surface area contributed by atoms with Crippen LogP contribution in [0.1, 0.15) is 29.0 Å². The lowest BCUT2D eigenvalue weighted by atomic mass is 10.2. The molecule has 150 valence electrons. The second-order valence-electron chi connectivity index (χ2n) is 6.76. The minimum atomic E-state index is -4.52. The molecule has 1 saturated carbocycles. The van der Waals surface area contributed by atoms with Crippen LogP contribution in [0.2, 0.25) is 0 Å². The van der Waals surface area contributed by atoms with Gasteiger partial charge in [-0.2, -0.15) is 17.5 Å². The number of thiazole rings is 1. The van der Waals surface area contributed by atoms with E-state index >= 15 is 0 Å². The summed E-state index contributed by atoms with van der Waals surface area (Å²) >= 11 is 1.23. The summed E-state index contributed by atoms with van der Waals surface area (Å²) in [5, 5.41) is 3.21. The maximum Gasteiger partial charge on any atom is 0.416 e. The van der Waals surface area contributed by atoms with E-state index in [0.717, 1.165) is 47.7 Å². The fourth-order valence-electron chi connectivity index (χ4n) is 2.95. The van der Waals surface area contributed by atoms with Crippen LogP contribution in [0.4, 0.5) is 18.3 Å². The molecular weight excluding hydrogens is 415 g/mol. The molecule has 1 aromatic carbocycles. The van der Waals surface area contributed by atoms with E-state index in [1.54, 1.807) is 0 Å². The smallest absolute Gasteiger partial charge is 0.302 e. The Hall–Kier alpha value is -1.98. The van der Waals surface area contributed by atoms with Crippen LogP contribution in [-0.2, 0) is 34.0 Å². The van der Waals surface area contributed by atoms with E-state index in [0.29, 0.717) is 11.6 Å². The van der Waals surface area contributed by atoms with Gasteiger partial charge in [-0.15, -0.1) is 11.3 Å². The minimum Gasteiger partial charge on any atom is -0.302 e. The van der Waals surface area contributed by atoms with Gasteiger partial charge in [0.25, 0.3) is 0 Å². The third kappa shape index (κ3) is 3.78. The van der Waals surface area contributed by atoms with Gasteiger partial charge in [0.05, 0.1) is 22.7 Å². The number of aromatic nitrogens is 1. The zero-order valence-electron chi connectivity index (χ0n) is 14.5. The van der Waals surface area contributed by atoms with Crippen LogP contribution in [0, 0.1) is 5.92 Å². The van der Waals surface area contributed by atoms with Crippen molar-refractivity contribution in [3.05, 3.63) is 40.4 Å². The number of rotatable bonds is 4. The Morgan fingerprint density at radius 1 is 1.21 bits per heavy atom. The first-order chi connectivity index (χ1) is 13.1. The van der Waals surface area contributed by atoms with Gasteiger partial charge in [-0.05, 0) is 37.1 Å². The summed E-state index contributed by atoms with van der Waals surface area (Å²) < 4.78 is 64.9. The predicted octanol–water partition coefficient (Wildman–Crippen LogP) is 3.26. The van der Waals surface area contributed by atoms with Crippen molar-refractivity contribution in [3.8, 4) is 0 Å². The van der Waals surface area contributed by atoms with Crippen LogP contribution < -0.4 is 5.32 Å². The van der Waals surface area contributed by atoms with E-state index in [1.165, 1.54) is 15.6 Å². The van der Waals surface area contributed by atoms with Crippen LogP contribution >= 0.6 is 11.3 Å². The SMILES string of the molecule is O=C(Nc1nc2c(s1)CN(S(=O)(=O)c1ccc(C(F)(F)F)cc1)CC2)C1CC1. The van der Waals surface area contributed by atoms with Crippen molar-refractivity contribution in [1.82, 2.24) is 9.29 Å². The number of hydrogen-bond acceptors (Lipinski definition) is 5. The first kappa shape index (κ1) is 19.3. The molecule has 2 aromatic rings. The lowest BCUT2D eigenvalue weighted by molar-refractivity contribution is -0.137. The number of carbonyl (C=O) groups excluding carboxylic acids is 1. The van der Waals surface area contributed by atoms with Crippen LogP contribution in [0.25, 0.3) is 0 Å². The molecule has 0 bridgehead atoms. The summed E-state index contributed by atoms with van der Waals surface area (Å²) in [6.45, 7) is 0.256. The molecule has 0 spiro atoms. The molecule has 4 rings (SSSR count). The topological polar surface area (TPSA) is 79.4 Å². The second kappa shape index (κ2) is 6.82. The van der Waals surface area contributed by atoms with Gasteiger partial charge in [0.15, 0.2) is 5.13 Å². The van der Waals surface area contributed by atoms with Crippen LogP contribution in [0.5, 0.6) is 0 Å². The Balaban J connectivity index is 1.51. The summed E-state index contributed by atoms with van der Waals surface area (Å²) in [4.78, 5) is 16.8. The van der Waals surface area contributed by atoms with Crippen molar-refractivity contribution in [2.24, 2.45) is 5.92 Å². The van der Waals surface area contributed by atoms with Gasteiger partial charge in [-0.1, -0.05) is 0 Å². The number of amides is 1. The van der Waals surface area contributed by atoms with Crippen molar-refractivity contribution in [2.45, 2.75) is 36.9 Å². The molecule has 2 aliphatic rings. The molecule has 0 atom stereocenters. The predicted molar refractivity (Wildman–Crippen MR) is 96.2 cm³/mol. The van der Waals surface area contributed by atoms with Gasteiger partial charge < -0.3 is 5.32 Å². The van der Waals surface area contributed by atoms with Gasteiger partial charge >= 0.3 is 6.18 Å². The Morgan fingerprint density at radius 3 is 2.50 bits per heavy atom. The number of alkyl halides is 3. The van der Waals surface area contributed by atoms with Crippen molar-refractivity contribution >= 4 is 32.4 Å². The zero-order valence-corrected chi connectivity index (χ0v) is 16.1. The fraction of sp³-hybridized carbons (Fsp3) is 0.412. The second-order valence-corrected chi connectivity index (χ2v) is 9.78. The average molecular weight is 431 g/mol. The number of fused-ring (bicyclic) bond motifs is 1. The van der Waals surface area contributed by atoms with Crippen molar-refractivity contribution < 1.29 is 26.4 Å². The van der Waals surface area contributed by atoms with Gasteiger partial charge in [-0.25, -0.2) is 13.4 Å². The molecule has 1 N–H and O–H groups in total. The number of nitrogens with zero attached hydrogens (tertiary/aromatic N) is 2. The Morgan fingerprint density at radius 2 is 1.89 bits per heavy atom. The first-order valence-electron chi connectivity index (χ1n) is 8.61. The lowest BCUT2D eigenvalue weighted by Crippen LogP contribution is -2.35. The summed E-state index contributed by atoms with van der Waals surface area (Å²) in [5.74, 6) is -0.0298. The quantitative estimate of drug-likeness (QED) is 0.806. The maximum atomic E-state index is 12.8. The standard InChI is InChI=1S/C17H16F3N3O3S2/c18-17(19,20)11-3-5-12(6-4-11)28(25,26)23-8-7-13-14(9-23)27-16(21-13)22-15(24)10-1-2-10/h3-6,10H,1-2,7-9H2,(H,21,22,24). The van der Waals surface area contributed by atoms with E-state index < -0.39 is 21.8 Å². The number of anilines is 1. The number of benzene rings is 1. The highest BCUT2D eigenvalue weighted by molar-refractivity contribution is 7.89. The molecule has 1 aliphatic heterocycles. The largest absolute Gasteiger partial charge is 0.416 e. The Bertz CT molecular complexity index is 1010. The zero-order chi connectivity index (χ0) is 20.1. The van der Waals surface area contributed by atoms with Crippen molar-refractivity contribution in [2.75, 3.05) is 11.9 Å². The molecule has 0 unspecified atom stereocenters. The highest BCUT2D eigenvalue weighted by Gasteiger charge is 2.34. The van der Waals surface area contributed by atoms with Gasteiger partial charge in [0.2, 0.25) is 15.9 Å². The first-order valence-corrected chi connectivity index (χ1v) is 10.9. The molecule has 1 aliphatic carbocycles. The number of sulfonamides is 1. The van der Waals surface area contributed by atoms with Crippen LogP contribution in [0.15, 0.2) is 29.2 Å².